The number of methoxy groups -OCH3 is 1. The van der Waals surface area contributed by atoms with Crippen molar-refractivity contribution in [2.45, 2.75) is 31.0 Å². The molecule has 1 aliphatic heterocycles. The molecule has 0 saturated heterocycles. The van der Waals surface area contributed by atoms with E-state index in [1.807, 2.05) is 6.08 Å². The van der Waals surface area contributed by atoms with E-state index in [0.717, 1.165) is 18.6 Å². The normalized spacial score (nSPS) is 23.8. The summed E-state index contributed by atoms with van der Waals surface area (Å²) >= 11 is 0. The molecule has 100 valence electrons. The average Bonchev–Trinajstić information content (AvgIpc) is 3.16. The van der Waals surface area contributed by atoms with Gasteiger partial charge in [-0.05, 0) is 25.0 Å². The van der Waals surface area contributed by atoms with Gasteiger partial charge in [0.1, 0.15) is 6.20 Å². The average molecular weight is 262 g/mol. The number of aromatic nitrogens is 1. The summed E-state index contributed by atoms with van der Waals surface area (Å²) in [5.41, 5.74) is 0.292. The summed E-state index contributed by atoms with van der Waals surface area (Å²) in [6, 6.07) is 1.65. The highest BCUT2D eigenvalue weighted by Crippen LogP contribution is 2.50. The maximum atomic E-state index is 11.1. The third-order valence-electron chi connectivity index (χ3n) is 3.57. The van der Waals surface area contributed by atoms with Crippen LogP contribution in [0.2, 0.25) is 0 Å². The molecule has 1 spiro atoms. The molecule has 19 heavy (non-hydrogen) atoms. The van der Waals surface area contributed by atoms with Gasteiger partial charge < -0.3 is 9.47 Å². The summed E-state index contributed by atoms with van der Waals surface area (Å²) in [4.78, 5) is 14.4. The second-order valence-electron chi connectivity index (χ2n) is 4.88. The number of rotatable bonds is 3. The molecule has 1 fully saturated rings. The zero-order valence-corrected chi connectivity index (χ0v) is 10.5. The highest BCUT2D eigenvalue weighted by Gasteiger charge is 2.48. The summed E-state index contributed by atoms with van der Waals surface area (Å²) in [5, 5.41) is 11.1. The van der Waals surface area contributed by atoms with Crippen molar-refractivity contribution < 1.29 is 14.4 Å². The highest BCUT2D eigenvalue weighted by atomic mass is 16.6. The van der Waals surface area contributed by atoms with Crippen molar-refractivity contribution >= 4 is 5.69 Å². The predicted molar refractivity (Wildman–Crippen MR) is 66.4 cm³/mol. The van der Waals surface area contributed by atoms with E-state index in [1.165, 1.54) is 6.20 Å². The molecule has 0 bridgehead atoms. The lowest BCUT2D eigenvalue weighted by Gasteiger charge is -2.28. The molecular formula is C13H14N2O4. The van der Waals surface area contributed by atoms with Crippen molar-refractivity contribution in [3.63, 3.8) is 0 Å². The summed E-state index contributed by atoms with van der Waals surface area (Å²) in [7, 11) is 1.62. The molecule has 1 atom stereocenters. The Labute approximate surface area is 110 Å². The Morgan fingerprint density at radius 1 is 1.58 bits per heavy atom. The topological polar surface area (TPSA) is 74.5 Å². The molecule has 0 radical (unpaired) electrons. The third kappa shape index (κ3) is 2.19. The number of nitro groups is 1. The van der Waals surface area contributed by atoms with E-state index in [-0.39, 0.29) is 17.4 Å². The second kappa shape index (κ2) is 4.31. The highest BCUT2D eigenvalue weighted by molar-refractivity contribution is 5.40. The lowest BCUT2D eigenvalue weighted by molar-refractivity contribution is -0.386. The molecule has 0 aromatic carbocycles. The van der Waals surface area contributed by atoms with Crippen LogP contribution < -0.4 is 0 Å². The molecule has 6 nitrogen and oxygen atoms in total. The summed E-state index contributed by atoms with van der Waals surface area (Å²) < 4.78 is 11.3. The van der Waals surface area contributed by atoms with Gasteiger partial charge in [0.15, 0.2) is 0 Å². The van der Waals surface area contributed by atoms with Crippen molar-refractivity contribution in [3.8, 4) is 0 Å². The lowest BCUT2D eigenvalue weighted by Crippen LogP contribution is -2.23. The Bertz CT molecular complexity index is 551. The first-order valence-electron chi connectivity index (χ1n) is 6.15. The fourth-order valence-electron chi connectivity index (χ4n) is 2.42. The first-order chi connectivity index (χ1) is 9.13. The van der Waals surface area contributed by atoms with E-state index in [1.54, 1.807) is 19.4 Å². The van der Waals surface area contributed by atoms with Crippen LogP contribution in [0.4, 0.5) is 5.69 Å². The Morgan fingerprint density at radius 3 is 3.00 bits per heavy atom. The number of nitrogens with zero attached hydrogens (tertiary/aromatic N) is 2. The van der Waals surface area contributed by atoms with Crippen molar-refractivity contribution in [2.75, 3.05) is 7.11 Å². The quantitative estimate of drug-likeness (QED) is 0.618. The van der Waals surface area contributed by atoms with E-state index in [2.05, 4.69) is 4.98 Å². The van der Waals surface area contributed by atoms with E-state index >= 15 is 0 Å². The number of hydrogen-bond acceptors (Lipinski definition) is 5. The van der Waals surface area contributed by atoms with E-state index in [4.69, 9.17) is 9.47 Å². The maximum Gasteiger partial charge on any atom is 0.293 e. The van der Waals surface area contributed by atoms with Gasteiger partial charge in [-0.15, -0.1) is 0 Å². The van der Waals surface area contributed by atoms with Crippen LogP contribution in [-0.4, -0.2) is 22.6 Å². The summed E-state index contributed by atoms with van der Waals surface area (Å²) in [5.74, 6) is 0.833. The maximum absolute atomic E-state index is 11.1. The van der Waals surface area contributed by atoms with Gasteiger partial charge in [-0.1, -0.05) is 0 Å². The monoisotopic (exact) mass is 262 g/mol. The van der Waals surface area contributed by atoms with Gasteiger partial charge in [-0.3, -0.25) is 15.1 Å². The van der Waals surface area contributed by atoms with Crippen LogP contribution in [0.25, 0.3) is 0 Å². The molecular weight excluding hydrogens is 248 g/mol. The molecule has 6 heteroatoms. The molecule has 1 saturated carbocycles. The van der Waals surface area contributed by atoms with Crippen LogP contribution in [0, 0.1) is 10.1 Å². The van der Waals surface area contributed by atoms with Crippen LogP contribution in [0.5, 0.6) is 0 Å². The molecule has 2 aliphatic rings. The van der Waals surface area contributed by atoms with Gasteiger partial charge in [0.2, 0.25) is 0 Å². The zero-order chi connectivity index (χ0) is 13.5. The lowest BCUT2D eigenvalue weighted by atomic mass is 10.0. The van der Waals surface area contributed by atoms with Crippen molar-refractivity contribution in [1.82, 2.24) is 4.98 Å². The van der Waals surface area contributed by atoms with Crippen LogP contribution in [0.15, 0.2) is 30.3 Å². The molecule has 0 amide bonds. The molecule has 1 aromatic heterocycles. The minimum absolute atomic E-state index is 0.000605. The van der Waals surface area contributed by atoms with Crippen molar-refractivity contribution in [2.24, 2.45) is 0 Å². The zero-order valence-electron chi connectivity index (χ0n) is 10.5. The molecule has 3 rings (SSSR count). The van der Waals surface area contributed by atoms with Crippen LogP contribution in [0.3, 0.4) is 0 Å². The molecule has 0 N–H and O–H groups in total. The smallest absolute Gasteiger partial charge is 0.293 e. The Morgan fingerprint density at radius 2 is 2.37 bits per heavy atom. The van der Waals surface area contributed by atoms with Gasteiger partial charge >= 0.3 is 0 Å². The third-order valence-corrected chi connectivity index (χ3v) is 3.57. The van der Waals surface area contributed by atoms with E-state index in [9.17, 15) is 10.1 Å². The Kier molecular flexibility index (Phi) is 2.74. The second-order valence-corrected chi connectivity index (χ2v) is 4.88. The van der Waals surface area contributed by atoms with Gasteiger partial charge in [0.25, 0.3) is 5.69 Å². The van der Waals surface area contributed by atoms with Crippen LogP contribution >= 0.6 is 0 Å². The van der Waals surface area contributed by atoms with Crippen molar-refractivity contribution in [1.29, 1.82) is 0 Å². The molecule has 2 heterocycles. The summed E-state index contributed by atoms with van der Waals surface area (Å²) in [6.07, 6.45) is 6.87. The molecule has 1 aromatic rings. The van der Waals surface area contributed by atoms with Crippen LogP contribution in [0.1, 0.15) is 30.9 Å². The molecule has 1 unspecified atom stereocenters. The standard InChI is InChI=1S/C13H14N2O4/c1-18-9-6-12(19-13(7-9)3-4-13)10-2-5-14-8-11(10)15(16)17/h2,5,7-8,12H,3-4,6H2,1H3. The number of hydrogen-bond donors (Lipinski definition) is 0. The fraction of sp³-hybridized carbons (Fsp3) is 0.462. The first-order valence-corrected chi connectivity index (χ1v) is 6.15. The van der Waals surface area contributed by atoms with Gasteiger partial charge in [-0.25, -0.2) is 0 Å². The minimum Gasteiger partial charge on any atom is -0.501 e. The van der Waals surface area contributed by atoms with Gasteiger partial charge in [0, 0.05) is 12.6 Å². The Hall–Kier alpha value is -1.95. The van der Waals surface area contributed by atoms with Gasteiger partial charge in [0.05, 0.1) is 35.1 Å². The fourth-order valence-corrected chi connectivity index (χ4v) is 2.42. The SMILES string of the molecule is COC1=CC2(CC2)OC(c2ccncc2[N+](=O)[O-])C1. The van der Waals surface area contributed by atoms with Gasteiger partial charge in [-0.2, -0.15) is 0 Å². The number of ether oxygens (including phenoxy) is 2. The summed E-state index contributed by atoms with van der Waals surface area (Å²) in [6.45, 7) is 0. The Balaban J connectivity index is 1.95. The van der Waals surface area contributed by atoms with E-state index < -0.39 is 4.92 Å². The van der Waals surface area contributed by atoms with Crippen molar-refractivity contribution in [3.05, 3.63) is 46.0 Å². The number of pyridine rings is 1. The first kappa shape index (κ1) is 12.1. The predicted octanol–water partition coefficient (Wildman–Crippen LogP) is 2.51. The minimum atomic E-state index is -0.421. The molecule has 1 aliphatic carbocycles. The van der Waals surface area contributed by atoms with Crippen LogP contribution in [-0.2, 0) is 9.47 Å². The largest absolute Gasteiger partial charge is 0.501 e. The van der Waals surface area contributed by atoms with E-state index in [0.29, 0.717) is 12.0 Å².